The van der Waals surface area contributed by atoms with Gasteiger partial charge in [-0.25, -0.2) is 9.78 Å². The van der Waals surface area contributed by atoms with E-state index in [2.05, 4.69) is 50.5 Å². The van der Waals surface area contributed by atoms with E-state index in [9.17, 15) is 24.9 Å². The first-order valence-electron chi connectivity index (χ1n) is 17.8. The first kappa shape index (κ1) is 35.7. The molecule has 15 nitrogen and oxygen atoms in total. The number of carbonyl (C=O) groups excluding carboxylic acids is 2. The Morgan fingerprint density at radius 3 is 2.32 bits per heavy atom. The van der Waals surface area contributed by atoms with Gasteiger partial charge in [0.25, 0.3) is 5.91 Å². The van der Waals surface area contributed by atoms with Crippen LogP contribution in [0.1, 0.15) is 49.8 Å². The number of urea groups is 1. The molecule has 1 aliphatic carbocycles. The van der Waals surface area contributed by atoms with Crippen LogP contribution in [0.15, 0.2) is 91.5 Å². The number of aliphatic hydroxyl groups excluding tert-OH is 2. The number of rotatable bonds is 11. The Kier molecular flexibility index (Phi) is 10.2. The standard InChI is InChI=1S/C38H44N10O5/c1-38(2,53)35(51)44-28-18-29(32(50)31(28)49)48-22-41-30-33(40-20-27(23-10-5-3-6-11-23)24-12-7-4-8-13-24)45-36(46-34(30)48)47-17-15-26(21-47)43-37(52)42-25-14-9-16-39-19-25/h3-14,16,19,22,26-29,31-32,49-50,53H,15,17-18,20-21H2,1-2H3,(H,44,51)(H,40,45,46)(H2,42,43,52). The molecule has 3 aromatic heterocycles. The van der Waals surface area contributed by atoms with E-state index in [4.69, 9.17) is 15.0 Å². The number of fused-ring (bicyclic) bond motifs is 1. The molecule has 3 amide bonds. The van der Waals surface area contributed by atoms with E-state index in [1.54, 1.807) is 35.4 Å². The molecular weight excluding hydrogens is 676 g/mol. The molecule has 1 saturated carbocycles. The van der Waals surface area contributed by atoms with Gasteiger partial charge in [-0.1, -0.05) is 60.7 Å². The van der Waals surface area contributed by atoms with Crippen LogP contribution in [0.3, 0.4) is 0 Å². The summed E-state index contributed by atoms with van der Waals surface area (Å²) in [6.45, 7) is 4.23. The van der Waals surface area contributed by atoms with Crippen molar-refractivity contribution in [2.45, 2.75) is 68.5 Å². The van der Waals surface area contributed by atoms with Crippen molar-refractivity contribution in [2.24, 2.45) is 0 Å². The second kappa shape index (κ2) is 15.1. The normalized spacial score (nSPS) is 21.5. The van der Waals surface area contributed by atoms with Crippen molar-refractivity contribution < 1.29 is 24.9 Å². The van der Waals surface area contributed by atoms with Gasteiger partial charge in [0, 0.05) is 37.8 Å². The highest BCUT2D eigenvalue weighted by molar-refractivity contribution is 5.89. The van der Waals surface area contributed by atoms with Crippen molar-refractivity contribution >= 4 is 40.6 Å². The molecule has 5 atom stereocenters. The molecule has 5 unspecified atom stereocenters. The molecule has 2 aromatic carbocycles. The molecule has 7 rings (SSSR count). The lowest BCUT2D eigenvalue weighted by Crippen LogP contribution is -2.50. The van der Waals surface area contributed by atoms with E-state index in [0.717, 1.165) is 11.1 Å². The van der Waals surface area contributed by atoms with Crippen LogP contribution >= 0.6 is 0 Å². The van der Waals surface area contributed by atoms with Crippen LogP contribution in [-0.4, -0.2) is 101 Å². The lowest BCUT2D eigenvalue weighted by molar-refractivity contribution is -0.138. The first-order valence-corrected chi connectivity index (χ1v) is 17.8. The fraction of sp³-hybridized carbons (Fsp3) is 0.368. The minimum atomic E-state index is -1.66. The first-order chi connectivity index (χ1) is 25.5. The van der Waals surface area contributed by atoms with Crippen LogP contribution < -0.4 is 26.2 Å². The lowest BCUT2D eigenvalue weighted by Gasteiger charge is -2.22. The smallest absolute Gasteiger partial charge is 0.319 e. The predicted octanol–water partition coefficient (Wildman–Crippen LogP) is 2.79. The summed E-state index contributed by atoms with van der Waals surface area (Å²) in [4.78, 5) is 46.0. The molecule has 1 saturated heterocycles. The Morgan fingerprint density at radius 1 is 0.943 bits per heavy atom. The summed E-state index contributed by atoms with van der Waals surface area (Å²) < 4.78 is 1.72. The van der Waals surface area contributed by atoms with E-state index in [0.29, 0.717) is 54.7 Å². The highest BCUT2D eigenvalue weighted by Gasteiger charge is 2.45. The third-order valence-corrected chi connectivity index (χ3v) is 9.89. The highest BCUT2D eigenvalue weighted by atomic mass is 16.3. The third-order valence-electron chi connectivity index (χ3n) is 9.89. The molecule has 53 heavy (non-hydrogen) atoms. The number of aromatic nitrogens is 5. The summed E-state index contributed by atoms with van der Waals surface area (Å²) in [6.07, 6.45) is 3.06. The molecule has 0 radical (unpaired) electrons. The topological polar surface area (TPSA) is 203 Å². The van der Waals surface area contributed by atoms with Gasteiger partial charge in [0.2, 0.25) is 5.95 Å². The molecule has 2 aliphatic rings. The van der Waals surface area contributed by atoms with Crippen molar-refractivity contribution in [1.82, 2.24) is 35.1 Å². The van der Waals surface area contributed by atoms with Gasteiger partial charge in [-0.15, -0.1) is 0 Å². The van der Waals surface area contributed by atoms with Crippen LogP contribution in [-0.2, 0) is 4.79 Å². The largest absolute Gasteiger partial charge is 0.388 e. The van der Waals surface area contributed by atoms with Crippen molar-refractivity contribution in [3.8, 4) is 0 Å². The Morgan fingerprint density at radius 2 is 1.66 bits per heavy atom. The van der Waals surface area contributed by atoms with Crippen molar-refractivity contribution in [3.05, 3.63) is 103 Å². The Bertz CT molecular complexity index is 1990. The van der Waals surface area contributed by atoms with E-state index in [1.807, 2.05) is 41.3 Å². The van der Waals surface area contributed by atoms with Gasteiger partial charge in [-0.2, -0.15) is 9.97 Å². The van der Waals surface area contributed by atoms with Crippen LogP contribution in [0.4, 0.5) is 22.2 Å². The number of pyridine rings is 1. The fourth-order valence-electron chi connectivity index (χ4n) is 7.03. The summed E-state index contributed by atoms with van der Waals surface area (Å²) >= 11 is 0. The number of hydrogen-bond donors (Lipinski definition) is 7. The van der Waals surface area contributed by atoms with Gasteiger partial charge in [-0.3, -0.25) is 9.78 Å². The monoisotopic (exact) mass is 720 g/mol. The van der Waals surface area contributed by atoms with Crippen LogP contribution in [0.2, 0.25) is 0 Å². The molecule has 0 bridgehead atoms. The van der Waals surface area contributed by atoms with Gasteiger partial charge in [0.15, 0.2) is 17.0 Å². The van der Waals surface area contributed by atoms with Crippen LogP contribution in [0.5, 0.6) is 0 Å². The number of aliphatic hydroxyl groups is 3. The second-order valence-corrected chi connectivity index (χ2v) is 14.1. The fourth-order valence-corrected chi connectivity index (χ4v) is 7.03. The summed E-state index contributed by atoms with van der Waals surface area (Å²) in [7, 11) is 0. The molecule has 4 heterocycles. The van der Waals surface area contributed by atoms with Gasteiger partial charge >= 0.3 is 6.03 Å². The quantitative estimate of drug-likeness (QED) is 0.106. The molecule has 2 fully saturated rings. The molecule has 1 aliphatic heterocycles. The van der Waals surface area contributed by atoms with Gasteiger partial charge < -0.3 is 46.1 Å². The average Bonchev–Trinajstić information content (AvgIpc) is 3.87. The maximum Gasteiger partial charge on any atom is 0.319 e. The van der Waals surface area contributed by atoms with E-state index in [1.165, 1.54) is 13.8 Å². The van der Waals surface area contributed by atoms with E-state index < -0.39 is 35.8 Å². The van der Waals surface area contributed by atoms with Crippen molar-refractivity contribution in [1.29, 1.82) is 0 Å². The number of anilines is 3. The zero-order valence-electron chi connectivity index (χ0n) is 29.5. The Labute approximate surface area is 306 Å². The number of amides is 3. The SMILES string of the molecule is CC(C)(O)C(=O)NC1CC(n2cnc3c(NCC(c4ccccc4)c4ccccc4)nc(N4CCC(NC(=O)Nc5cccnc5)C4)nc32)C(O)C1O. The number of carbonyl (C=O) groups is 2. The minimum Gasteiger partial charge on any atom is -0.388 e. The molecule has 7 N–H and O–H groups in total. The zero-order valence-corrected chi connectivity index (χ0v) is 29.5. The highest BCUT2D eigenvalue weighted by Crippen LogP contribution is 2.36. The minimum absolute atomic E-state index is 0.0152. The number of benzene rings is 2. The van der Waals surface area contributed by atoms with Crippen molar-refractivity contribution in [3.63, 3.8) is 0 Å². The number of hydrogen-bond acceptors (Lipinski definition) is 11. The summed E-state index contributed by atoms with van der Waals surface area (Å²) in [5.41, 5.74) is 2.09. The zero-order chi connectivity index (χ0) is 37.1. The molecule has 5 aromatic rings. The summed E-state index contributed by atoms with van der Waals surface area (Å²) in [5.74, 6) is 0.234. The maximum absolute atomic E-state index is 12.8. The lowest BCUT2D eigenvalue weighted by atomic mass is 9.91. The third kappa shape index (κ3) is 7.91. The Balaban J connectivity index is 1.19. The van der Waals surface area contributed by atoms with Gasteiger partial charge in [0.05, 0.1) is 30.3 Å². The Hall–Kier alpha value is -5.64. The van der Waals surface area contributed by atoms with Crippen molar-refractivity contribution in [2.75, 3.05) is 35.2 Å². The molecule has 15 heteroatoms. The maximum atomic E-state index is 12.8. The van der Waals surface area contributed by atoms with Gasteiger partial charge in [-0.05, 0) is 49.9 Å². The molecular formula is C38H44N10O5. The summed E-state index contributed by atoms with van der Waals surface area (Å²) in [5, 5.41) is 44.5. The van der Waals surface area contributed by atoms with E-state index >= 15 is 0 Å². The van der Waals surface area contributed by atoms with Crippen LogP contribution in [0.25, 0.3) is 11.2 Å². The van der Waals surface area contributed by atoms with Crippen LogP contribution in [0, 0.1) is 0 Å². The number of imidazole rings is 1. The van der Waals surface area contributed by atoms with E-state index in [-0.39, 0.29) is 24.4 Å². The average molecular weight is 721 g/mol. The number of nitrogens with one attached hydrogen (secondary N) is 4. The molecule has 0 spiro atoms. The van der Waals surface area contributed by atoms with Gasteiger partial charge in [0.1, 0.15) is 17.8 Å². The second-order valence-electron chi connectivity index (χ2n) is 14.1. The number of nitrogens with zero attached hydrogens (tertiary/aromatic N) is 6. The molecule has 276 valence electrons. The summed E-state index contributed by atoms with van der Waals surface area (Å²) in [6, 6.07) is 21.9. The predicted molar refractivity (Wildman–Crippen MR) is 199 cm³/mol.